The van der Waals surface area contributed by atoms with E-state index in [9.17, 15) is 9.90 Å². The van der Waals surface area contributed by atoms with E-state index in [1.54, 1.807) is 7.05 Å². The average Bonchev–Trinajstić information content (AvgIpc) is 2.37. The summed E-state index contributed by atoms with van der Waals surface area (Å²) in [7, 11) is 3.18. The van der Waals surface area contributed by atoms with E-state index in [0.29, 0.717) is 6.61 Å². The Bertz CT molecular complexity index is 441. The second-order valence-corrected chi connectivity index (χ2v) is 5.31. The molecule has 0 bridgehead atoms. The fourth-order valence-corrected chi connectivity index (χ4v) is 2.13. The fraction of sp³-hybridized carbons (Fsp3) is 0.562. The quantitative estimate of drug-likeness (QED) is 0.790. The van der Waals surface area contributed by atoms with E-state index in [0.717, 1.165) is 16.9 Å². The Morgan fingerprint density at radius 1 is 1.29 bits per heavy atom. The van der Waals surface area contributed by atoms with Crippen molar-refractivity contribution in [3.05, 3.63) is 29.3 Å². The van der Waals surface area contributed by atoms with Gasteiger partial charge in [-0.25, -0.2) is 0 Å². The summed E-state index contributed by atoms with van der Waals surface area (Å²) in [4.78, 5) is 13.4. The number of methoxy groups -OCH3 is 1. The minimum atomic E-state index is -0.663. The van der Waals surface area contributed by atoms with Gasteiger partial charge in [0.05, 0.1) is 25.7 Å². The molecule has 1 atom stereocenters. The van der Waals surface area contributed by atoms with Crippen LogP contribution in [-0.4, -0.2) is 55.9 Å². The second-order valence-electron chi connectivity index (χ2n) is 5.31. The van der Waals surface area contributed by atoms with Gasteiger partial charge in [-0.1, -0.05) is 6.07 Å². The van der Waals surface area contributed by atoms with Crippen LogP contribution in [0.1, 0.15) is 17.5 Å². The van der Waals surface area contributed by atoms with Gasteiger partial charge in [0.2, 0.25) is 5.91 Å². The van der Waals surface area contributed by atoms with Gasteiger partial charge in [0, 0.05) is 20.7 Å². The van der Waals surface area contributed by atoms with Crippen molar-refractivity contribution in [1.29, 1.82) is 0 Å². The highest BCUT2D eigenvalue weighted by molar-refractivity contribution is 5.76. The van der Waals surface area contributed by atoms with Crippen LogP contribution in [0.5, 0.6) is 5.75 Å². The van der Waals surface area contributed by atoms with Crippen LogP contribution in [0.25, 0.3) is 0 Å². The molecule has 0 fully saturated rings. The molecule has 1 amide bonds. The fourth-order valence-electron chi connectivity index (χ4n) is 2.13. The highest BCUT2D eigenvalue weighted by atomic mass is 16.5. The Balaban J connectivity index is 2.35. The maximum Gasteiger partial charge on any atom is 0.225 e. The van der Waals surface area contributed by atoms with Gasteiger partial charge in [-0.15, -0.1) is 0 Å². The summed E-state index contributed by atoms with van der Waals surface area (Å²) in [5, 5.41) is 9.58. The van der Waals surface area contributed by atoms with Crippen LogP contribution in [0.2, 0.25) is 0 Å². The average molecular weight is 295 g/mol. The van der Waals surface area contributed by atoms with Crippen molar-refractivity contribution in [3.8, 4) is 5.75 Å². The molecule has 1 N–H and O–H groups in total. The zero-order valence-electron chi connectivity index (χ0n) is 13.3. The van der Waals surface area contributed by atoms with Crippen LogP contribution >= 0.6 is 0 Å². The normalized spacial score (nSPS) is 12.0. The SMILES string of the molecule is COCC(O)CN(C)C(=O)CCOc1cc(C)cc(C)c1. The van der Waals surface area contributed by atoms with Crippen molar-refractivity contribution in [2.24, 2.45) is 0 Å². The number of carbonyl (C=O) groups excluding carboxylic acids is 1. The number of nitrogens with zero attached hydrogens (tertiary/aromatic N) is 1. The Hall–Kier alpha value is -1.59. The highest BCUT2D eigenvalue weighted by Crippen LogP contribution is 2.16. The summed E-state index contributed by atoms with van der Waals surface area (Å²) >= 11 is 0. The maximum atomic E-state index is 11.9. The first-order valence-electron chi connectivity index (χ1n) is 7.04. The molecule has 21 heavy (non-hydrogen) atoms. The van der Waals surface area contributed by atoms with Crippen LogP contribution in [-0.2, 0) is 9.53 Å². The number of ether oxygens (including phenoxy) is 2. The van der Waals surface area contributed by atoms with Crippen molar-refractivity contribution in [1.82, 2.24) is 4.90 Å². The van der Waals surface area contributed by atoms with Crippen molar-refractivity contribution >= 4 is 5.91 Å². The standard InChI is InChI=1S/C16H25NO4/c1-12-7-13(2)9-15(8-12)21-6-5-16(19)17(3)10-14(18)11-20-4/h7-9,14,18H,5-6,10-11H2,1-4H3. The minimum Gasteiger partial charge on any atom is -0.493 e. The Kier molecular flexibility index (Phi) is 7.19. The topological polar surface area (TPSA) is 59.0 Å². The van der Waals surface area contributed by atoms with Gasteiger partial charge in [-0.3, -0.25) is 4.79 Å². The molecule has 0 radical (unpaired) electrons. The zero-order chi connectivity index (χ0) is 15.8. The summed E-state index contributed by atoms with van der Waals surface area (Å²) in [6.45, 7) is 4.82. The second kappa shape index (κ2) is 8.64. The van der Waals surface area contributed by atoms with E-state index in [2.05, 4.69) is 6.07 Å². The Morgan fingerprint density at radius 2 is 1.90 bits per heavy atom. The lowest BCUT2D eigenvalue weighted by Crippen LogP contribution is -2.36. The molecular formula is C16H25NO4. The van der Waals surface area contributed by atoms with Crippen molar-refractivity contribution < 1.29 is 19.4 Å². The number of hydrogen-bond acceptors (Lipinski definition) is 4. The summed E-state index contributed by atoms with van der Waals surface area (Å²) in [6, 6.07) is 5.97. The van der Waals surface area contributed by atoms with Gasteiger partial charge in [0.15, 0.2) is 0 Å². The van der Waals surface area contributed by atoms with Crippen molar-refractivity contribution in [3.63, 3.8) is 0 Å². The minimum absolute atomic E-state index is 0.0606. The van der Waals surface area contributed by atoms with Crippen LogP contribution < -0.4 is 4.74 Å². The first kappa shape index (κ1) is 17.5. The summed E-state index contributed by atoms with van der Waals surface area (Å²) in [6.07, 6.45) is -0.382. The monoisotopic (exact) mass is 295 g/mol. The smallest absolute Gasteiger partial charge is 0.225 e. The van der Waals surface area contributed by atoms with Gasteiger partial charge < -0.3 is 19.5 Å². The molecule has 1 rings (SSSR count). The maximum absolute atomic E-state index is 11.9. The van der Waals surface area contributed by atoms with Crippen molar-refractivity contribution in [2.75, 3.05) is 33.9 Å². The molecule has 118 valence electrons. The number of hydrogen-bond donors (Lipinski definition) is 1. The zero-order valence-corrected chi connectivity index (χ0v) is 13.3. The molecule has 0 aromatic heterocycles. The van der Waals surface area contributed by atoms with E-state index < -0.39 is 6.10 Å². The molecule has 0 saturated carbocycles. The summed E-state index contributed by atoms with van der Waals surface area (Å²) in [5.74, 6) is 0.719. The van der Waals surface area contributed by atoms with Gasteiger partial charge in [-0.05, 0) is 37.1 Å². The van der Waals surface area contributed by atoms with Gasteiger partial charge >= 0.3 is 0 Å². The molecule has 1 unspecified atom stereocenters. The number of likely N-dealkylation sites (N-methyl/N-ethyl adjacent to an activating group) is 1. The van der Waals surface area contributed by atoms with Crippen LogP contribution in [0.15, 0.2) is 18.2 Å². The predicted octanol–water partition coefficient (Wildman–Crippen LogP) is 1.54. The number of aryl methyl sites for hydroxylation is 2. The highest BCUT2D eigenvalue weighted by Gasteiger charge is 2.13. The molecule has 0 heterocycles. The largest absolute Gasteiger partial charge is 0.493 e. The Morgan fingerprint density at radius 3 is 2.48 bits per heavy atom. The third-order valence-corrected chi connectivity index (χ3v) is 3.05. The molecule has 1 aromatic carbocycles. The summed E-state index contributed by atoms with van der Waals surface area (Å²) < 4.78 is 10.4. The predicted molar refractivity (Wildman–Crippen MR) is 81.5 cm³/mol. The molecule has 0 aliphatic carbocycles. The first-order chi connectivity index (χ1) is 9.92. The molecule has 5 nitrogen and oxygen atoms in total. The Labute approximate surface area is 126 Å². The number of aliphatic hydroxyl groups excluding tert-OH is 1. The van der Waals surface area contributed by atoms with E-state index in [1.807, 2.05) is 26.0 Å². The third kappa shape index (κ3) is 6.60. The van der Waals surface area contributed by atoms with Gasteiger partial charge in [0.25, 0.3) is 0 Å². The van der Waals surface area contributed by atoms with Crippen LogP contribution in [0.4, 0.5) is 0 Å². The molecule has 5 heteroatoms. The third-order valence-electron chi connectivity index (χ3n) is 3.05. The van der Waals surface area contributed by atoms with E-state index in [-0.39, 0.29) is 25.5 Å². The van der Waals surface area contributed by atoms with E-state index >= 15 is 0 Å². The molecule has 0 spiro atoms. The molecular weight excluding hydrogens is 270 g/mol. The van der Waals surface area contributed by atoms with Gasteiger partial charge in [-0.2, -0.15) is 0 Å². The number of amides is 1. The lowest BCUT2D eigenvalue weighted by molar-refractivity contribution is -0.132. The number of rotatable bonds is 8. The van der Waals surface area contributed by atoms with E-state index in [1.165, 1.54) is 12.0 Å². The van der Waals surface area contributed by atoms with Crippen molar-refractivity contribution in [2.45, 2.75) is 26.4 Å². The van der Waals surface area contributed by atoms with Crippen LogP contribution in [0, 0.1) is 13.8 Å². The lowest BCUT2D eigenvalue weighted by atomic mass is 10.1. The number of benzene rings is 1. The molecule has 0 aliphatic rings. The van der Waals surface area contributed by atoms with Crippen LogP contribution in [0.3, 0.4) is 0 Å². The lowest BCUT2D eigenvalue weighted by Gasteiger charge is -2.20. The number of carbonyl (C=O) groups is 1. The molecule has 0 aliphatic heterocycles. The van der Waals surface area contributed by atoms with E-state index in [4.69, 9.17) is 9.47 Å². The molecule has 0 saturated heterocycles. The summed E-state index contributed by atoms with van der Waals surface area (Å²) in [5.41, 5.74) is 2.27. The molecule has 1 aromatic rings. The van der Waals surface area contributed by atoms with Gasteiger partial charge in [0.1, 0.15) is 5.75 Å². The first-order valence-corrected chi connectivity index (χ1v) is 7.04. The number of aliphatic hydroxyl groups is 1.